The van der Waals surface area contributed by atoms with E-state index in [0.29, 0.717) is 23.7 Å². The number of rotatable bonds is 4. The minimum atomic E-state index is -0.614. The van der Waals surface area contributed by atoms with Crippen molar-refractivity contribution in [3.8, 4) is 17.2 Å². The van der Waals surface area contributed by atoms with Gasteiger partial charge in [-0.2, -0.15) is 0 Å². The number of benzene rings is 2. The summed E-state index contributed by atoms with van der Waals surface area (Å²) in [6, 6.07) is 12.4. The van der Waals surface area contributed by atoms with Crippen LogP contribution in [0.1, 0.15) is 31.9 Å². The maximum absolute atomic E-state index is 12.4. The molecule has 0 saturated heterocycles. The molecule has 0 saturated carbocycles. The lowest BCUT2D eigenvalue weighted by Crippen LogP contribution is -2.47. The van der Waals surface area contributed by atoms with E-state index in [9.17, 15) is 9.59 Å². The zero-order valence-corrected chi connectivity index (χ0v) is 16.6. The van der Waals surface area contributed by atoms with Gasteiger partial charge in [0.25, 0.3) is 0 Å². The second-order valence-corrected chi connectivity index (χ2v) is 7.76. The van der Waals surface area contributed by atoms with Gasteiger partial charge in [0, 0.05) is 18.9 Å². The minimum absolute atomic E-state index is 0.0279. The third-order valence-corrected chi connectivity index (χ3v) is 4.32. The van der Waals surface area contributed by atoms with E-state index in [1.54, 1.807) is 33.9 Å². The number of alkyl carbamates (subject to hydrolysis) is 1. The van der Waals surface area contributed by atoms with Gasteiger partial charge in [0.15, 0.2) is 5.78 Å². The molecule has 0 heterocycles. The summed E-state index contributed by atoms with van der Waals surface area (Å²) < 4.78 is 16.4. The predicted octanol–water partition coefficient (Wildman–Crippen LogP) is 4.05. The molecule has 0 unspecified atom stereocenters. The number of amides is 1. The lowest BCUT2D eigenvalue weighted by molar-refractivity contribution is -0.120. The number of methoxy groups -OCH3 is 1. The molecule has 1 N–H and O–H groups in total. The molecule has 6 heteroatoms. The Morgan fingerprint density at radius 3 is 2.46 bits per heavy atom. The molecule has 0 aromatic heterocycles. The first kappa shape index (κ1) is 19.7. The summed E-state index contributed by atoms with van der Waals surface area (Å²) >= 11 is 0. The van der Waals surface area contributed by atoms with Crippen molar-refractivity contribution < 1.29 is 23.8 Å². The van der Waals surface area contributed by atoms with Crippen molar-refractivity contribution in [1.82, 2.24) is 5.32 Å². The zero-order chi connectivity index (χ0) is 20.3. The van der Waals surface area contributed by atoms with Crippen molar-refractivity contribution in [3.63, 3.8) is 0 Å². The number of carbonyl (C=O) groups excluding carboxylic acids is 2. The molecular formula is C22H25NO5. The van der Waals surface area contributed by atoms with Gasteiger partial charge in [-0.15, -0.1) is 0 Å². The third kappa shape index (κ3) is 5.03. The zero-order valence-electron chi connectivity index (χ0n) is 16.6. The number of ether oxygens (including phenoxy) is 3. The van der Waals surface area contributed by atoms with E-state index in [-0.39, 0.29) is 12.2 Å². The van der Waals surface area contributed by atoms with Crippen LogP contribution in [0.25, 0.3) is 0 Å². The first-order chi connectivity index (χ1) is 13.2. The van der Waals surface area contributed by atoms with Crippen LogP contribution in [0.2, 0.25) is 0 Å². The fourth-order valence-electron chi connectivity index (χ4n) is 3.06. The van der Waals surface area contributed by atoms with E-state index < -0.39 is 17.7 Å². The van der Waals surface area contributed by atoms with E-state index in [0.717, 1.165) is 11.1 Å². The topological polar surface area (TPSA) is 73.9 Å². The van der Waals surface area contributed by atoms with Crippen molar-refractivity contribution in [2.75, 3.05) is 7.11 Å². The fourth-order valence-corrected chi connectivity index (χ4v) is 3.06. The molecule has 1 aliphatic rings. The van der Waals surface area contributed by atoms with E-state index in [2.05, 4.69) is 5.32 Å². The summed E-state index contributed by atoms with van der Waals surface area (Å²) in [6.07, 6.45) is 0.0934. The van der Waals surface area contributed by atoms with Crippen LogP contribution < -0.4 is 14.8 Å². The first-order valence-electron chi connectivity index (χ1n) is 9.19. The summed E-state index contributed by atoms with van der Waals surface area (Å²) in [4.78, 5) is 24.4. The molecule has 28 heavy (non-hydrogen) atoms. The Hall–Kier alpha value is -3.02. The monoisotopic (exact) mass is 383 g/mol. The molecule has 0 fully saturated rings. The largest absolute Gasteiger partial charge is 0.497 e. The highest BCUT2D eigenvalue weighted by Crippen LogP contribution is 2.29. The summed E-state index contributed by atoms with van der Waals surface area (Å²) in [5.74, 6) is 2.01. The van der Waals surface area contributed by atoms with E-state index >= 15 is 0 Å². The molecular weight excluding hydrogens is 358 g/mol. The summed E-state index contributed by atoms with van der Waals surface area (Å²) in [5, 5.41) is 2.68. The second-order valence-electron chi connectivity index (χ2n) is 7.76. The van der Waals surface area contributed by atoms with Crippen molar-refractivity contribution in [2.45, 2.75) is 45.3 Å². The predicted molar refractivity (Wildman–Crippen MR) is 105 cm³/mol. The summed E-state index contributed by atoms with van der Waals surface area (Å²) in [6.45, 7) is 5.35. The third-order valence-electron chi connectivity index (χ3n) is 4.32. The maximum atomic E-state index is 12.4. The fraction of sp³-hybridized carbons (Fsp3) is 0.364. The van der Waals surface area contributed by atoms with Crippen molar-refractivity contribution in [2.24, 2.45) is 0 Å². The van der Waals surface area contributed by atoms with Crippen LogP contribution in [-0.2, 0) is 22.4 Å². The van der Waals surface area contributed by atoms with Crippen LogP contribution in [-0.4, -0.2) is 30.6 Å². The number of fused-ring (bicyclic) bond motifs is 1. The van der Waals surface area contributed by atoms with Gasteiger partial charge in [0.05, 0.1) is 13.2 Å². The number of carbonyl (C=O) groups is 2. The van der Waals surface area contributed by atoms with E-state index in [4.69, 9.17) is 14.2 Å². The molecule has 2 aromatic rings. The number of ketones is 1. The number of hydrogen-bond donors (Lipinski definition) is 1. The van der Waals surface area contributed by atoms with Crippen molar-refractivity contribution >= 4 is 11.9 Å². The molecule has 1 aliphatic carbocycles. The highest BCUT2D eigenvalue weighted by atomic mass is 16.6. The Kier molecular flexibility index (Phi) is 5.58. The summed E-state index contributed by atoms with van der Waals surface area (Å²) in [5.41, 5.74) is 1.31. The quantitative estimate of drug-likeness (QED) is 0.862. The lowest BCUT2D eigenvalue weighted by Gasteiger charge is -2.26. The molecule has 0 aliphatic heterocycles. The van der Waals surface area contributed by atoms with Crippen LogP contribution in [0.15, 0.2) is 42.5 Å². The number of hydrogen-bond acceptors (Lipinski definition) is 5. The summed E-state index contributed by atoms with van der Waals surface area (Å²) in [7, 11) is 1.60. The lowest BCUT2D eigenvalue weighted by atomic mass is 9.87. The Morgan fingerprint density at radius 2 is 1.75 bits per heavy atom. The molecule has 0 spiro atoms. The van der Waals surface area contributed by atoms with E-state index in [1.165, 1.54) is 0 Å². The minimum Gasteiger partial charge on any atom is -0.497 e. The SMILES string of the molecule is COc1cccc(Oc2ccc3c(c2)C[C@@H](NC(=O)OC(C)(C)C)C(=O)C3)c1. The molecule has 0 radical (unpaired) electrons. The van der Waals surface area contributed by atoms with Crippen LogP contribution in [0, 0.1) is 0 Å². The average molecular weight is 383 g/mol. The Morgan fingerprint density at radius 1 is 1.04 bits per heavy atom. The van der Waals surface area contributed by atoms with Crippen LogP contribution in [0.3, 0.4) is 0 Å². The molecule has 2 aromatic carbocycles. The standard InChI is InChI=1S/C22H25NO5/c1-22(2,3)28-21(25)23-19-11-15-10-18(9-8-14(15)12-20(19)24)27-17-7-5-6-16(13-17)26-4/h5-10,13,19H,11-12H2,1-4H3,(H,23,25)/t19-/m1/s1. The molecule has 6 nitrogen and oxygen atoms in total. The smallest absolute Gasteiger partial charge is 0.408 e. The van der Waals surface area contributed by atoms with Gasteiger partial charge in [-0.05, 0) is 56.2 Å². The van der Waals surface area contributed by atoms with Crippen molar-refractivity contribution in [3.05, 3.63) is 53.6 Å². The highest BCUT2D eigenvalue weighted by molar-refractivity contribution is 5.91. The van der Waals surface area contributed by atoms with Gasteiger partial charge < -0.3 is 19.5 Å². The van der Waals surface area contributed by atoms with Crippen molar-refractivity contribution in [1.29, 1.82) is 0 Å². The molecule has 148 valence electrons. The van der Waals surface area contributed by atoms with Crippen LogP contribution >= 0.6 is 0 Å². The second kappa shape index (κ2) is 7.92. The maximum Gasteiger partial charge on any atom is 0.408 e. The number of nitrogens with one attached hydrogen (secondary N) is 1. The van der Waals surface area contributed by atoms with Gasteiger partial charge >= 0.3 is 6.09 Å². The molecule has 0 bridgehead atoms. The van der Waals surface area contributed by atoms with Gasteiger partial charge in [-0.3, -0.25) is 4.79 Å². The molecule has 1 amide bonds. The van der Waals surface area contributed by atoms with Gasteiger partial charge in [-0.25, -0.2) is 4.79 Å². The Labute approximate surface area is 164 Å². The Bertz CT molecular complexity index is 885. The van der Waals surface area contributed by atoms with Gasteiger partial charge in [-0.1, -0.05) is 12.1 Å². The Balaban J connectivity index is 1.72. The number of Topliss-reactive ketones (excluding diaryl/α,β-unsaturated/α-hetero) is 1. The molecule has 3 rings (SSSR count). The average Bonchev–Trinajstić information content (AvgIpc) is 2.61. The van der Waals surface area contributed by atoms with Crippen LogP contribution in [0.5, 0.6) is 17.2 Å². The molecule has 1 atom stereocenters. The van der Waals surface area contributed by atoms with Gasteiger partial charge in [0.2, 0.25) is 0 Å². The first-order valence-corrected chi connectivity index (χ1v) is 9.19. The van der Waals surface area contributed by atoms with Crippen LogP contribution in [0.4, 0.5) is 4.79 Å². The normalized spacial score (nSPS) is 16.1. The van der Waals surface area contributed by atoms with Gasteiger partial charge in [0.1, 0.15) is 22.8 Å². The van der Waals surface area contributed by atoms with E-state index in [1.807, 2.05) is 36.4 Å². The highest BCUT2D eigenvalue weighted by Gasteiger charge is 2.29.